The summed E-state index contributed by atoms with van der Waals surface area (Å²) in [6, 6.07) is 8.08. The fourth-order valence-corrected chi connectivity index (χ4v) is 3.52. The van der Waals surface area contributed by atoms with Crippen LogP contribution in [0.25, 0.3) is 0 Å². The molecule has 1 aromatic rings. The van der Waals surface area contributed by atoms with Crippen molar-refractivity contribution >= 4 is 17.4 Å². The first-order chi connectivity index (χ1) is 11.6. The summed E-state index contributed by atoms with van der Waals surface area (Å²) in [5, 5.41) is 0. The van der Waals surface area contributed by atoms with Gasteiger partial charge in [0.1, 0.15) is 5.84 Å². The Balaban J connectivity index is 2.04. The Morgan fingerprint density at radius 2 is 1.83 bits per heavy atom. The summed E-state index contributed by atoms with van der Waals surface area (Å²) in [5.74, 6) is 1.15. The van der Waals surface area contributed by atoms with Crippen LogP contribution in [0.1, 0.15) is 45.1 Å². The van der Waals surface area contributed by atoms with Crippen molar-refractivity contribution in [3.63, 3.8) is 0 Å². The first-order valence-corrected chi connectivity index (χ1v) is 9.07. The molecule has 0 unspecified atom stereocenters. The molecule has 1 amide bonds. The Morgan fingerprint density at radius 1 is 1.17 bits per heavy atom. The number of benzodiazepines with no additional fused rings is 1. The Hall–Kier alpha value is -1.88. The highest BCUT2D eigenvalue weighted by atomic mass is 16.2. The number of anilines is 1. The molecule has 2 aliphatic rings. The molecule has 2 N–H and O–H groups in total. The molecule has 1 fully saturated rings. The molecule has 0 aliphatic carbocycles. The average molecular weight is 328 g/mol. The van der Waals surface area contributed by atoms with Crippen LogP contribution in [-0.4, -0.2) is 42.4 Å². The van der Waals surface area contributed by atoms with Gasteiger partial charge in [0.25, 0.3) is 5.91 Å². The lowest BCUT2D eigenvalue weighted by Crippen LogP contribution is -2.44. The monoisotopic (exact) mass is 328 g/mol. The van der Waals surface area contributed by atoms with Gasteiger partial charge in [-0.25, -0.2) is 4.99 Å². The summed E-state index contributed by atoms with van der Waals surface area (Å²) in [4.78, 5) is 21.6. The molecule has 0 aromatic heterocycles. The Morgan fingerprint density at radius 3 is 2.50 bits per heavy atom. The third-order valence-corrected chi connectivity index (χ3v) is 4.67. The van der Waals surface area contributed by atoms with Crippen molar-refractivity contribution in [1.29, 1.82) is 0 Å². The molecule has 2 aliphatic heterocycles. The van der Waals surface area contributed by atoms with Crippen molar-refractivity contribution < 1.29 is 4.79 Å². The molecular formula is C19H28N4O. The van der Waals surface area contributed by atoms with E-state index >= 15 is 0 Å². The number of benzene rings is 1. The molecule has 5 heteroatoms. The maximum atomic E-state index is 12.8. The number of carbonyl (C=O) groups is 1. The lowest BCUT2D eigenvalue weighted by atomic mass is 10.1. The lowest BCUT2D eigenvalue weighted by Gasteiger charge is -2.27. The average Bonchev–Trinajstić information content (AvgIpc) is 2.89. The minimum absolute atomic E-state index is 0.110. The van der Waals surface area contributed by atoms with Crippen LogP contribution in [0.4, 0.5) is 5.69 Å². The SMILES string of the molecule is CC(C)CN1C(=O)[C@@H](N)N=C(N2CCCCCC2)c2ccccc21. The van der Waals surface area contributed by atoms with Gasteiger partial charge in [-0.2, -0.15) is 0 Å². The van der Waals surface area contributed by atoms with Crippen LogP contribution in [0, 0.1) is 5.92 Å². The molecule has 2 heterocycles. The summed E-state index contributed by atoms with van der Waals surface area (Å²) in [6.07, 6.45) is 4.03. The van der Waals surface area contributed by atoms with Gasteiger partial charge in [0.05, 0.1) is 5.69 Å². The highest BCUT2D eigenvalue weighted by Crippen LogP contribution is 2.28. The van der Waals surface area contributed by atoms with Crippen LogP contribution in [0.15, 0.2) is 29.3 Å². The third kappa shape index (κ3) is 3.46. The van der Waals surface area contributed by atoms with Gasteiger partial charge in [-0.3, -0.25) is 4.79 Å². The number of amidine groups is 1. The summed E-state index contributed by atoms with van der Waals surface area (Å²) in [6.45, 7) is 6.86. The number of nitrogens with two attached hydrogens (primary N) is 1. The number of hydrogen-bond acceptors (Lipinski definition) is 4. The van der Waals surface area contributed by atoms with Gasteiger partial charge in [-0.1, -0.05) is 38.8 Å². The van der Waals surface area contributed by atoms with E-state index in [0.29, 0.717) is 12.5 Å². The highest BCUT2D eigenvalue weighted by Gasteiger charge is 2.31. The molecule has 0 spiro atoms. The zero-order valence-electron chi connectivity index (χ0n) is 14.7. The minimum atomic E-state index is -0.825. The molecule has 1 saturated heterocycles. The van der Waals surface area contributed by atoms with Gasteiger partial charge in [-0.15, -0.1) is 0 Å². The van der Waals surface area contributed by atoms with E-state index in [2.05, 4.69) is 29.8 Å². The molecule has 1 atom stereocenters. The van der Waals surface area contributed by atoms with Gasteiger partial charge in [0, 0.05) is 25.2 Å². The topological polar surface area (TPSA) is 61.9 Å². The second-order valence-corrected chi connectivity index (χ2v) is 7.16. The van der Waals surface area contributed by atoms with E-state index in [1.165, 1.54) is 25.7 Å². The Kier molecular flexibility index (Phi) is 5.19. The van der Waals surface area contributed by atoms with E-state index in [1.54, 1.807) is 0 Å². The number of fused-ring (bicyclic) bond motifs is 1. The summed E-state index contributed by atoms with van der Waals surface area (Å²) >= 11 is 0. The standard InChI is InChI=1S/C19H28N4O/c1-14(2)13-23-16-10-6-5-9-15(16)18(21-17(20)19(23)24)22-11-7-3-4-8-12-22/h5-6,9-10,14,17H,3-4,7-8,11-13,20H2,1-2H3/t17-/m0/s1. The number of aliphatic imine (C=N–C) groups is 1. The normalized spacial score (nSPS) is 22.1. The predicted octanol–water partition coefficient (Wildman–Crippen LogP) is 2.60. The van der Waals surface area contributed by atoms with Crippen molar-refractivity contribution in [3.8, 4) is 0 Å². The minimum Gasteiger partial charge on any atom is -0.356 e. The number of rotatable bonds is 2. The van der Waals surface area contributed by atoms with Crippen LogP contribution in [0.2, 0.25) is 0 Å². The van der Waals surface area contributed by atoms with E-state index in [4.69, 9.17) is 5.73 Å². The fourth-order valence-electron chi connectivity index (χ4n) is 3.52. The number of amides is 1. The Bertz CT molecular complexity index is 618. The zero-order chi connectivity index (χ0) is 17.1. The third-order valence-electron chi connectivity index (χ3n) is 4.67. The van der Waals surface area contributed by atoms with E-state index in [9.17, 15) is 4.79 Å². The zero-order valence-corrected chi connectivity index (χ0v) is 14.7. The van der Waals surface area contributed by atoms with Crippen molar-refractivity contribution in [2.24, 2.45) is 16.6 Å². The van der Waals surface area contributed by atoms with Crippen LogP contribution < -0.4 is 10.6 Å². The van der Waals surface area contributed by atoms with Crippen LogP contribution in [0.5, 0.6) is 0 Å². The molecule has 0 bridgehead atoms. The van der Waals surface area contributed by atoms with Gasteiger partial charge in [-0.05, 0) is 30.9 Å². The maximum Gasteiger partial charge on any atom is 0.266 e. The second-order valence-electron chi connectivity index (χ2n) is 7.16. The number of para-hydroxylation sites is 1. The quantitative estimate of drug-likeness (QED) is 0.908. The number of hydrogen-bond donors (Lipinski definition) is 1. The molecule has 130 valence electrons. The molecular weight excluding hydrogens is 300 g/mol. The molecule has 24 heavy (non-hydrogen) atoms. The van der Waals surface area contributed by atoms with Crippen molar-refractivity contribution in [2.75, 3.05) is 24.5 Å². The van der Waals surface area contributed by atoms with Crippen molar-refractivity contribution in [1.82, 2.24) is 4.90 Å². The van der Waals surface area contributed by atoms with E-state index in [1.807, 2.05) is 23.1 Å². The van der Waals surface area contributed by atoms with Crippen LogP contribution in [0.3, 0.4) is 0 Å². The smallest absolute Gasteiger partial charge is 0.266 e. The summed E-state index contributed by atoms with van der Waals surface area (Å²) in [7, 11) is 0. The van der Waals surface area contributed by atoms with Gasteiger partial charge >= 0.3 is 0 Å². The first kappa shape index (κ1) is 17.0. The first-order valence-electron chi connectivity index (χ1n) is 9.07. The summed E-state index contributed by atoms with van der Waals surface area (Å²) in [5.41, 5.74) is 8.12. The molecule has 0 radical (unpaired) electrons. The largest absolute Gasteiger partial charge is 0.356 e. The maximum absolute atomic E-state index is 12.8. The van der Waals surface area contributed by atoms with E-state index in [-0.39, 0.29) is 5.91 Å². The summed E-state index contributed by atoms with van der Waals surface area (Å²) < 4.78 is 0. The van der Waals surface area contributed by atoms with Crippen molar-refractivity contribution in [2.45, 2.75) is 45.7 Å². The molecule has 0 saturated carbocycles. The fraction of sp³-hybridized carbons (Fsp3) is 0.579. The molecule has 3 rings (SSSR count). The predicted molar refractivity (Wildman–Crippen MR) is 98.2 cm³/mol. The van der Waals surface area contributed by atoms with E-state index < -0.39 is 6.17 Å². The molecule has 1 aromatic carbocycles. The van der Waals surface area contributed by atoms with Crippen LogP contribution in [-0.2, 0) is 4.79 Å². The van der Waals surface area contributed by atoms with Gasteiger partial charge in [0.2, 0.25) is 0 Å². The van der Waals surface area contributed by atoms with Crippen molar-refractivity contribution in [3.05, 3.63) is 29.8 Å². The molecule has 5 nitrogen and oxygen atoms in total. The highest BCUT2D eigenvalue weighted by molar-refractivity contribution is 6.11. The second kappa shape index (κ2) is 7.34. The number of likely N-dealkylation sites (tertiary alicyclic amines) is 1. The van der Waals surface area contributed by atoms with E-state index in [0.717, 1.165) is 30.2 Å². The van der Waals surface area contributed by atoms with Gasteiger partial charge < -0.3 is 15.5 Å². The number of carbonyl (C=O) groups excluding carboxylic acids is 1. The van der Waals surface area contributed by atoms with Gasteiger partial charge in [0.15, 0.2) is 6.17 Å². The van der Waals surface area contributed by atoms with Crippen LogP contribution >= 0.6 is 0 Å². The lowest BCUT2D eigenvalue weighted by molar-refractivity contribution is -0.119. The Labute approximate surface area is 144 Å². The number of nitrogens with zero attached hydrogens (tertiary/aromatic N) is 3.